The van der Waals surface area contributed by atoms with Crippen LogP contribution in [-0.2, 0) is 28.9 Å². The topological polar surface area (TPSA) is 113 Å². The van der Waals surface area contributed by atoms with Crippen LogP contribution >= 0.6 is 0 Å². The lowest BCUT2D eigenvalue weighted by atomic mass is 9.78. The Kier molecular flexibility index (Phi) is 4.28. The molecule has 2 aromatic carbocycles. The molecule has 2 aliphatic heterocycles. The van der Waals surface area contributed by atoms with Crippen molar-refractivity contribution < 1.29 is 19.3 Å². The minimum absolute atomic E-state index is 0.0262. The van der Waals surface area contributed by atoms with Crippen molar-refractivity contribution in [3.05, 3.63) is 69.3 Å². The fourth-order valence-electron chi connectivity index (χ4n) is 4.83. The number of carbonyl (C=O) groups excluding carboxylic acids is 3. The summed E-state index contributed by atoms with van der Waals surface area (Å²) in [5, 5.41) is 13.8. The van der Waals surface area contributed by atoms with Gasteiger partial charge in [-0.1, -0.05) is 24.3 Å². The van der Waals surface area contributed by atoms with E-state index in [2.05, 4.69) is 5.32 Å². The molecular formula is C22H20N4O5. The van der Waals surface area contributed by atoms with E-state index in [9.17, 15) is 24.5 Å². The highest BCUT2D eigenvalue weighted by molar-refractivity contribution is 6.11. The molecule has 9 heteroatoms. The Balaban J connectivity index is 1.34. The van der Waals surface area contributed by atoms with Crippen LogP contribution in [0.5, 0.6) is 0 Å². The Bertz CT molecular complexity index is 1150. The summed E-state index contributed by atoms with van der Waals surface area (Å²) in [5.41, 5.74) is 2.47. The normalized spacial score (nSPS) is 21.8. The van der Waals surface area contributed by atoms with E-state index in [0.29, 0.717) is 43.5 Å². The molecule has 1 spiro atoms. The first kappa shape index (κ1) is 19.2. The summed E-state index contributed by atoms with van der Waals surface area (Å²) in [6.07, 6.45) is 2.08. The number of nitro groups is 1. The zero-order valence-electron chi connectivity index (χ0n) is 16.7. The van der Waals surface area contributed by atoms with Gasteiger partial charge in [0.05, 0.1) is 4.92 Å². The van der Waals surface area contributed by atoms with Crippen molar-refractivity contribution in [3.63, 3.8) is 0 Å². The summed E-state index contributed by atoms with van der Waals surface area (Å²) < 4.78 is 0. The lowest BCUT2D eigenvalue weighted by molar-refractivity contribution is -0.384. The number of nitrogens with zero attached hydrogens (tertiary/aromatic N) is 3. The van der Waals surface area contributed by atoms with Crippen LogP contribution in [0.4, 0.5) is 16.2 Å². The average molecular weight is 420 g/mol. The molecule has 1 saturated heterocycles. The zero-order chi connectivity index (χ0) is 21.8. The van der Waals surface area contributed by atoms with E-state index in [4.69, 9.17) is 0 Å². The number of imide groups is 1. The molecule has 0 radical (unpaired) electrons. The van der Waals surface area contributed by atoms with Gasteiger partial charge in [0.1, 0.15) is 12.1 Å². The van der Waals surface area contributed by atoms with Crippen LogP contribution < -0.4 is 10.2 Å². The van der Waals surface area contributed by atoms with Gasteiger partial charge in [-0.2, -0.15) is 0 Å². The second-order valence-electron chi connectivity index (χ2n) is 8.21. The lowest BCUT2D eigenvalue weighted by Crippen LogP contribution is -2.51. The van der Waals surface area contributed by atoms with E-state index in [1.54, 1.807) is 6.07 Å². The Morgan fingerprint density at radius 3 is 2.65 bits per heavy atom. The van der Waals surface area contributed by atoms with Gasteiger partial charge in [0.25, 0.3) is 11.6 Å². The van der Waals surface area contributed by atoms with E-state index >= 15 is 0 Å². The quantitative estimate of drug-likeness (QED) is 0.463. The molecule has 9 nitrogen and oxygen atoms in total. The number of non-ortho nitro benzene ring substituents is 1. The van der Waals surface area contributed by atoms with Gasteiger partial charge < -0.3 is 10.2 Å². The van der Waals surface area contributed by atoms with Crippen molar-refractivity contribution in [2.75, 3.05) is 18.0 Å². The number of carbonyl (C=O) groups is 3. The summed E-state index contributed by atoms with van der Waals surface area (Å²) in [6, 6.07) is 11.7. The number of benzene rings is 2. The van der Waals surface area contributed by atoms with E-state index < -0.39 is 16.5 Å². The summed E-state index contributed by atoms with van der Waals surface area (Å²) in [7, 11) is 0. The van der Waals surface area contributed by atoms with Gasteiger partial charge in [0, 0.05) is 30.8 Å². The second kappa shape index (κ2) is 6.90. The Morgan fingerprint density at radius 1 is 1.10 bits per heavy atom. The number of aryl methyl sites for hydroxylation is 1. The molecule has 0 saturated carbocycles. The maximum atomic E-state index is 13.2. The van der Waals surface area contributed by atoms with Gasteiger partial charge in [0.15, 0.2) is 0 Å². The van der Waals surface area contributed by atoms with Crippen LogP contribution in [0.3, 0.4) is 0 Å². The molecule has 0 bridgehead atoms. The smallest absolute Gasteiger partial charge is 0.323 e. The fourth-order valence-corrected chi connectivity index (χ4v) is 4.83. The van der Waals surface area contributed by atoms with E-state index in [0.717, 1.165) is 10.5 Å². The van der Waals surface area contributed by atoms with Crippen molar-refractivity contribution in [2.45, 2.75) is 31.2 Å². The van der Waals surface area contributed by atoms with Crippen molar-refractivity contribution in [3.8, 4) is 0 Å². The minimum Gasteiger partial charge on any atom is -0.323 e. The van der Waals surface area contributed by atoms with Crippen molar-refractivity contribution in [2.24, 2.45) is 0 Å². The predicted molar refractivity (Wildman–Crippen MR) is 111 cm³/mol. The second-order valence-corrected chi connectivity index (χ2v) is 8.21. The first-order chi connectivity index (χ1) is 14.9. The number of anilines is 1. The first-order valence-electron chi connectivity index (χ1n) is 10.2. The predicted octanol–water partition coefficient (Wildman–Crippen LogP) is 1.96. The maximum Gasteiger partial charge on any atom is 0.325 e. The Labute approximate surface area is 177 Å². The molecule has 31 heavy (non-hydrogen) atoms. The maximum absolute atomic E-state index is 13.2. The molecular weight excluding hydrogens is 400 g/mol. The number of urea groups is 1. The number of rotatable bonds is 3. The van der Waals surface area contributed by atoms with Crippen molar-refractivity contribution in [1.82, 2.24) is 10.2 Å². The van der Waals surface area contributed by atoms with E-state index in [-0.39, 0.29) is 24.0 Å². The third-order valence-corrected chi connectivity index (χ3v) is 6.44. The van der Waals surface area contributed by atoms with Crippen LogP contribution in [0.2, 0.25) is 0 Å². The molecule has 1 unspecified atom stereocenters. The molecule has 0 aromatic heterocycles. The summed E-state index contributed by atoms with van der Waals surface area (Å²) >= 11 is 0. The summed E-state index contributed by atoms with van der Waals surface area (Å²) in [5.74, 6) is -0.757. The van der Waals surface area contributed by atoms with Crippen LogP contribution in [-0.4, -0.2) is 46.3 Å². The van der Waals surface area contributed by atoms with Crippen LogP contribution in [0.25, 0.3) is 0 Å². The average Bonchev–Trinajstić information content (AvgIpc) is 3.28. The number of hydrogen-bond acceptors (Lipinski definition) is 5. The Hall–Kier alpha value is -3.75. The molecule has 2 heterocycles. The third-order valence-electron chi connectivity index (χ3n) is 6.44. The number of hydrogen-bond donors (Lipinski definition) is 1. The highest BCUT2D eigenvalue weighted by atomic mass is 16.6. The van der Waals surface area contributed by atoms with Crippen molar-refractivity contribution in [1.29, 1.82) is 0 Å². The van der Waals surface area contributed by atoms with Gasteiger partial charge in [-0.05, 0) is 42.0 Å². The van der Waals surface area contributed by atoms with Gasteiger partial charge >= 0.3 is 6.03 Å². The molecule has 1 aliphatic carbocycles. The number of nitrogens with one attached hydrogen (secondary N) is 1. The Morgan fingerprint density at radius 2 is 1.87 bits per heavy atom. The first-order valence-corrected chi connectivity index (χ1v) is 10.2. The SMILES string of the molecule is O=C1NC2(CCc3ccccc3C2)C(=O)N1CC(=O)N1CCc2cc([N+](=O)[O-])ccc21. The highest BCUT2D eigenvalue weighted by Crippen LogP contribution is 2.35. The zero-order valence-corrected chi connectivity index (χ0v) is 16.7. The number of fused-ring (bicyclic) bond motifs is 2. The highest BCUT2D eigenvalue weighted by Gasteiger charge is 2.53. The number of nitro benzene ring substituents is 1. The van der Waals surface area contributed by atoms with E-state index in [1.807, 2.05) is 24.3 Å². The van der Waals surface area contributed by atoms with Crippen LogP contribution in [0.15, 0.2) is 42.5 Å². The largest absolute Gasteiger partial charge is 0.325 e. The molecule has 5 rings (SSSR count). The van der Waals surface area contributed by atoms with Gasteiger partial charge in [-0.3, -0.25) is 24.6 Å². The standard InChI is InChI=1S/C22H20N4O5/c27-19(24-10-8-15-11-17(26(30)31)5-6-18(15)24)13-25-20(28)22(23-21(25)29)9-7-14-3-1-2-4-16(14)12-22/h1-6,11H,7-10,12-13H2,(H,23,29). The van der Waals surface area contributed by atoms with Gasteiger partial charge in [-0.25, -0.2) is 4.79 Å². The molecule has 158 valence electrons. The van der Waals surface area contributed by atoms with Crippen LogP contribution in [0, 0.1) is 10.1 Å². The molecule has 1 fully saturated rings. The van der Waals surface area contributed by atoms with Crippen LogP contribution in [0.1, 0.15) is 23.1 Å². The lowest BCUT2D eigenvalue weighted by Gasteiger charge is -2.32. The monoisotopic (exact) mass is 420 g/mol. The summed E-state index contributed by atoms with van der Waals surface area (Å²) in [4.78, 5) is 51.8. The molecule has 3 aliphatic rings. The third kappa shape index (κ3) is 3.04. The molecule has 1 atom stereocenters. The molecule has 4 amide bonds. The van der Waals surface area contributed by atoms with Gasteiger partial charge in [-0.15, -0.1) is 0 Å². The number of amides is 4. The minimum atomic E-state index is -1.00. The van der Waals surface area contributed by atoms with Gasteiger partial charge in [0.2, 0.25) is 5.91 Å². The summed E-state index contributed by atoms with van der Waals surface area (Å²) in [6.45, 7) is 0.00198. The molecule has 2 aromatic rings. The fraction of sp³-hybridized carbons (Fsp3) is 0.318. The van der Waals surface area contributed by atoms with E-state index in [1.165, 1.54) is 22.6 Å². The van der Waals surface area contributed by atoms with Crippen molar-refractivity contribution >= 4 is 29.2 Å². The molecule has 1 N–H and O–H groups in total.